The van der Waals surface area contributed by atoms with Gasteiger partial charge in [0.2, 0.25) is 11.8 Å². The highest BCUT2D eigenvalue weighted by molar-refractivity contribution is 5.92. The predicted molar refractivity (Wildman–Crippen MR) is 68.9 cm³/mol. The average Bonchev–Trinajstić information content (AvgIpc) is 2.30. The fraction of sp³-hybridized carbons (Fsp3) is 0.455. The molecule has 0 aliphatic carbocycles. The maximum Gasteiger partial charge on any atom is 0.246 e. The minimum absolute atomic E-state index is 0.0894. The molecule has 0 saturated carbocycles. The van der Waals surface area contributed by atoms with Crippen LogP contribution in [0.25, 0.3) is 0 Å². The number of amides is 2. The number of carbonyl (C=O) groups is 2. The second-order valence-electron chi connectivity index (χ2n) is 3.13. The third-order valence-corrected chi connectivity index (χ3v) is 1.52. The molecule has 0 atom stereocenters. The molecule has 0 radical (unpaired) electrons. The zero-order chi connectivity index (χ0) is 13.7. The minimum Gasteiger partial charge on any atom is -0.352 e. The Labute approximate surface area is 102 Å². The van der Waals surface area contributed by atoms with Gasteiger partial charge in [0.05, 0.1) is 6.67 Å². The molecule has 0 rings (SSSR count). The van der Waals surface area contributed by atoms with Gasteiger partial charge in [-0.1, -0.05) is 13.2 Å². The zero-order valence-electron chi connectivity index (χ0n) is 10.3. The van der Waals surface area contributed by atoms with E-state index in [1.54, 1.807) is 6.92 Å². The first-order valence-electron chi connectivity index (χ1n) is 5.23. The highest BCUT2D eigenvalue weighted by Crippen LogP contribution is 1.84. The van der Waals surface area contributed by atoms with Crippen molar-refractivity contribution in [3.63, 3.8) is 0 Å². The Balaban J connectivity index is 0. The molecule has 0 spiro atoms. The summed E-state index contributed by atoms with van der Waals surface area (Å²) in [6.07, 6.45) is 1.99. The van der Waals surface area contributed by atoms with Crippen molar-refractivity contribution in [2.45, 2.75) is 13.3 Å². The van der Waals surface area contributed by atoms with Crippen molar-refractivity contribution in [2.75, 3.05) is 19.8 Å². The lowest BCUT2D eigenvalue weighted by Gasteiger charge is -2.01. The Morgan fingerprint density at radius 1 is 1.29 bits per heavy atom. The molecule has 0 heterocycles. The van der Waals surface area contributed by atoms with Crippen LogP contribution < -0.4 is 22.1 Å². The van der Waals surface area contributed by atoms with Gasteiger partial charge >= 0.3 is 0 Å². The molecular formula is C11H22N4O2. The Morgan fingerprint density at radius 2 is 1.88 bits per heavy atom. The summed E-state index contributed by atoms with van der Waals surface area (Å²) in [6, 6.07) is 0. The fourth-order valence-corrected chi connectivity index (χ4v) is 0.628. The molecule has 0 fully saturated rings. The predicted octanol–water partition coefficient (Wildman–Crippen LogP) is -0.768. The smallest absolute Gasteiger partial charge is 0.246 e. The maximum atomic E-state index is 10.8. The second-order valence-corrected chi connectivity index (χ2v) is 3.13. The van der Waals surface area contributed by atoms with Crippen LogP contribution in [0, 0.1) is 0 Å². The lowest BCUT2D eigenvalue weighted by molar-refractivity contribution is -0.117. The van der Waals surface area contributed by atoms with E-state index in [0.717, 1.165) is 6.42 Å². The Bertz CT molecular complexity index is 264. The maximum absolute atomic E-state index is 10.8. The van der Waals surface area contributed by atoms with Crippen LogP contribution in [0.5, 0.6) is 0 Å². The van der Waals surface area contributed by atoms with Crippen LogP contribution in [0.2, 0.25) is 0 Å². The van der Waals surface area contributed by atoms with E-state index < -0.39 is 0 Å². The van der Waals surface area contributed by atoms with Crippen LogP contribution in [0.15, 0.2) is 24.8 Å². The molecule has 0 saturated heterocycles. The van der Waals surface area contributed by atoms with Gasteiger partial charge < -0.3 is 22.1 Å². The van der Waals surface area contributed by atoms with Crippen molar-refractivity contribution in [3.8, 4) is 0 Å². The second kappa shape index (κ2) is 12.4. The number of nitrogens with one attached hydrogen (secondary N) is 2. The van der Waals surface area contributed by atoms with Crippen LogP contribution in [-0.4, -0.2) is 31.6 Å². The van der Waals surface area contributed by atoms with Crippen molar-refractivity contribution < 1.29 is 9.59 Å². The number of hydrogen-bond donors (Lipinski definition) is 4. The lowest BCUT2D eigenvalue weighted by atomic mass is 10.3. The quantitative estimate of drug-likeness (QED) is 0.278. The third kappa shape index (κ3) is 14.3. The average molecular weight is 242 g/mol. The Kier molecular flexibility index (Phi) is 12.9. The van der Waals surface area contributed by atoms with Crippen LogP contribution in [0.3, 0.4) is 0 Å². The van der Waals surface area contributed by atoms with Crippen LogP contribution in [0.4, 0.5) is 0 Å². The van der Waals surface area contributed by atoms with Crippen LogP contribution in [-0.2, 0) is 9.59 Å². The van der Waals surface area contributed by atoms with Crippen molar-refractivity contribution in [1.82, 2.24) is 10.6 Å². The van der Waals surface area contributed by atoms with E-state index in [4.69, 9.17) is 11.5 Å². The first-order chi connectivity index (χ1) is 7.99. The van der Waals surface area contributed by atoms with E-state index in [9.17, 15) is 9.59 Å². The number of carbonyl (C=O) groups excluding carboxylic acids is 2. The van der Waals surface area contributed by atoms with Crippen LogP contribution >= 0.6 is 0 Å². The molecular weight excluding hydrogens is 220 g/mol. The van der Waals surface area contributed by atoms with Crippen molar-refractivity contribution in [3.05, 3.63) is 24.8 Å². The van der Waals surface area contributed by atoms with Gasteiger partial charge in [-0.15, -0.1) is 0 Å². The molecule has 6 heteroatoms. The normalized spacial score (nSPS) is 8.41. The third-order valence-electron chi connectivity index (χ3n) is 1.52. The highest BCUT2D eigenvalue weighted by Gasteiger charge is 1.97. The Morgan fingerprint density at radius 3 is 2.18 bits per heavy atom. The van der Waals surface area contributed by atoms with Crippen LogP contribution in [0.1, 0.15) is 13.3 Å². The lowest BCUT2D eigenvalue weighted by Crippen LogP contribution is -2.27. The first-order valence-corrected chi connectivity index (χ1v) is 5.23. The molecule has 6 nitrogen and oxygen atoms in total. The number of nitrogens with two attached hydrogens (primary N) is 2. The molecule has 0 aliphatic rings. The SMILES string of the molecule is C=C(C)C(=O)NCCCN.C=CC(=O)NCN. The van der Waals surface area contributed by atoms with E-state index in [-0.39, 0.29) is 18.5 Å². The zero-order valence-corrected chi connectivity index (χ0v) is 10.3. The summed E-state index contributed by atoms with van der Waals surface area (Å²) in [7, 11) is 0. The van der Waals surface area contributed by atoms with Crippen molar-refractivity contribution in [1.29, 1.82) is 0 Å². The summed E-state index contributed by atoms with van der Waals surface area (Å²) in [6.45, 7) is 9.80. The van der Waals surface area contributed by atoms with E-state index in [1.165, 1.54) is 6.08 Å². The van der Waals surface area contributed by atoms with E-state index in [1.807, 2.05) is 0 Å². The van der Waals surface area contributed by atoms with Gasteiger partial charge in [-0.3, -0.25) is 9.59 Å². The summed E-state index contributed by atoms with van der Waals surface area (Å²) in [5.41, 5.74) is 10.7. The van der Waals surface area contributed by atoms with Gasteiger partial charge in [-0.05, 0) is 26.0 Å². The van der Waals surface area contributed by atoms with E-state index in [0.29, 0.717) is 18.7 Å². The molecule has 0 bridgehead atoms. The molecule has 6 N–H and O–H groups in total. The van der Waals surface area contributed by atoms with Gasteiger partial charge in [0.1, 0.15) is 0 Å². The van der Waals surface area contributed by atoms with Gasteiger partial charge in [-0.25, -0.2) is 0 Å². The molecule has 0 aliphatic heterocycles. The Hall–Kier alpha value is -1.66. The molecule has 98 valence electrons. The molecule has 0 unspecified atom stereocenters. The van der Waals surface area contributed by atoms with E-state index >= 15 is 0 Å². The molecule has 2 amide bonds. The highest BCUT2D eigenvalue weighted by atomic mass is 16.2. The summed E-state index contributed by atoms with van der Waals surface area (Å²) < 4.78 is 0. The molecule has 0 aromatic rings. The van der Waals surface area contributed by atoms with Gasteiger partial charge in [0.15, 0.2) is 0 Å². The minimum atomic E-state index is -0.234. The molecule has 0 aromatic carbocycles. The summed E-state index contributed by atoms with van der Waals surface area (Å²) in [5.74, 6) is -0.323. The first kappa shape index (κ1) is 17.7. The topological polar surface area (TPSA) is 110 Å². The monoisotopic (exact) mass is 242 g/mol. The number of rotatable bonds is 6. The van der Waals surface area contributed by atoms with Gasteiger partial charge in [0, 0.05) is 12.1 Å². The molecule has 17 heavy (non-hydrogen) atoms. The standard InChI is InChI=1S/C7H14N2O.C4H8N2O/c1-6(2)7(10)9-5-3-4-8;1-2-4(7)6-3-5/h1,3-5,8H2,2H3,(H,9,10);2H,1,3,5H2,(H,6,7). The summed E-state index contributed by atoms with van der Waals surface area (Å²) in [4.78, 5) is 20.9. The summed E-state index contributed by atoms with van der Waals surface area (Å²) >= 11 is 0. The van der Waals surface area contributed by atoms with E-state index in [2.05, 4.69) is 23.8 Å². The summed E-state index contributed by atoms with van der Waals surface area (Å²) in [5, 5.41) is 4.98. The van der Waals surface area contributed by atoms with Gasteiger partial charge in [0.25, 0.3) is 0 Å². The number of hydrogen-bond acceptors (Lipinski definition) is 4. The van der Waals surface area contributed by atoms with Crippen molar-refractivity contribution in [2.24, 2.45) is 11.5 Å². The molecule has 0 aromatic heterocycles. The fourth-order valence-electron chi connectivity index (χ4n) is 0.628. The largest absolute Gasteiger partial charge is 0.352 e. The van der Waals surface area contributed by atoms with Crippen molar-refractivity contribution >= 4 is 11.8 Å². The van der Waals surface area contributed by atoms with Gasteiger partial charge in [-0.2, -0.15) is 0 Å².